The third kappa shape index (κ3) is 3.25. The highest BCUT2D eigenvalue weighted by molar-refractivity contribution is 7.89. The van der Waals surface area contributed by atoms with Gasteiger partial charge in [0.2, 0.25) is 10.0 Å². The highest BCUT2D eigenvalue weighted by Crippen LogP contribution is 2.38. The monoisotopic (exact) mass is 364 g/mol. The quantitative estimate of drug-likeness (QED) is 0.889. The van der Waals surface area contributed by atoms with E-state index in [2.05, 4.69) is 4.74 Å². The smallest absolute Gasteiger partial charge is 0.387 e. The Balaban J connectivity index is 1.82. The Morgan fingerprint density at radius 1 is 1.25 bits per heavy atom. The van der Waals surface area contributed by atoms with E-state index in [1.807, 2.05) is 0 Å². The number of ether oxygens (including phenoxy) is 1. The zero-order valence-corrected chi connectivity index (χ0v) is 13.7. The van der Waals surface area contributed by atoms with Crippen molar-refractivity contribution in [3.05, 3.63) is 24.0 Å². The molecule has 1 aliphatic carbocycles. The lowest BCUT2D eigenvalue weighted by Gasteiger charge is -2.29. The van der Waals surface area contributed by atoms with Crippen LogP contribution in [0.15, 0.2) is 23.1 Å². The first-order valence-electron chi connectivity index (χ1n) is 7.79. The lowest BCUT2D eigenvalue weighted by atomic mass is 9.78. The summed E-state index contributed by atoms with van der Waals surface area (Å²) in [5.41, 5.74) is 6.09. The van der Waals surface area contributed by atoms with Gasteiger partial charge >= 0.3 is 6.61 Å². The molecule has 2 N–H and O–H groups in total. The van der Waals surface area contributed by atoms with Crippen LogP contribution < -0.4 is 10.5 Å². The molecule has 134 valence electrons. The van der Waals surface area contributed by atoms with Gasteiger partial charge in [0.15, 0.2) is 11.6 Å². The molecular formula is C15H19F3N2O3S. The summed E-state index contributed by atoms with van der Waals surface area (Å²) in [6, 6.07) is 2.68. The predicted molar refractivity (Wildman–Crippen MR) is 80.6 cm³/mol. The van der Waals surface area contributed by atoms with Crippen molar-refractivity contribution < 1.29 is 26.3 Å². The standard InChI is InChI=1S/C15H19F3N2O3S/c16-12-6-10(4-5-14(12)23-15(17)18)24(21,22)20-7-9-2-1-3-13(19)11(9)8-20/h4-6,9,11,13,15H,1-3,7-8,19H2. The summed E-state index contributed by atoms with van der Waals surface area (Å²) >= 11 is 0. The molecule has 1 heterocycles. The van der Waals surface area contributed by atoms with Crippen LogP contribution in [0.25, 0.3) is 0 Å². The SMILES string of the molecule is NC1CCCC2CN(S(=O)(=O)c3ccc(OC(F)F)c(F)c3)CC12. The lowest BCUT2D eigenvalue weighted by molar-refractivity contribution is -0.0522. The predicted octanol–water partition coefficient (Wildman–Crippen LogP) is 2.17. The number of nitrogens with zero attached hydrogens (tertiary/aromatic N) is 1. The Hall–Kier alpha value is -1.32. The average molecular weight is 364 g/mol. The van der Waals surface area contributed by atoms with Gasteiger partial charge in [0.1, 0.15) is 0 Å². The molecule has 2 aliphatic rings. The van der Waals surface area contributed by atoms with E-state index in [0.29, 0.717) is 13.1 Å². The van der Waals surface area contributed by atoms with Crippen LogP contribution in [-0.2, 0) is 10.0 Å². The van der Waals surface area contributed by atoms with E-state index in [4.69, 9.17) is 5.73 Å². The van der Waals surface area contributed by atoms with Crippen molar-refractivity contribution in [2.24, 2.45) is 17.6 Å². The summed E-state index contributed by atoms with van der Waals surface area (Å²) < 4.78 is 68.9. The summed E-state index contributed by atoms with van der Waals surface area (Å²) in [4.78, 5) is -0.270. The third-order valence-corrected chi connectivity index (χ3v) is 6.71. The van der Waals surface area contributed by atoms with E-state index in [9.17, 15) is 21.6 Å². The maximum atomic E-state index is 13.8. The number of alkyl halides is 2. The van der Waals surface area contributed by atoms with Gasteiger partial charge in [0.25, 0.3) is 0 Å². The number of hydrogen-bond acceptors (Lipinski definition) is 4. The van der Waals surface area contributed by atoms with Gasteiger partial charge in [0.05, 0.1) is 4.90 Å². The van der Waals surface area contributed by atoms with Crippen molar-refractivity contribution in [1.29, 1.82) is 0 Å². The Bertz CT molecular complexity index is 714. The van der Waals surface area contributed by atoms with Gasteiger partial charge in [-0.05, 0) is 42.9 Å². The van der Waals surface area contributed by atoms with Gasteiger partial charge in [-0.3, -0.25) is 0 Å². The molecular weight excluding hydrogens is 345 g/mol. The van der Waals surface area contributed by atoms with Gasteiger partial charge in [-0.1, -0.05) is 6.42 Å². The number of fused-ring (bicyclic) bond motifs is 1. The minimum Gasteiger partial charge on any atom is -0.432 e. The molecule has 3 atom stereocenters. The highest BCUT2D eigenvalue weighted by Gasteiger charge is 2.43. The normalized spacial score (nSPS) is 28.1. The van der Waals surface area contributed by atoms with Crippen LogP contribution in [0, 0.1) is 17.7 Å². The number of benzene rings is 1. The number of sulfonamides is 1. The van der Waals surface area contributed by atoms with Crippen molar-refractivity contribution in [2.75, 3.05) is 13.1 Å². The molecule has 0 aromatic heterocycles. The molecule has 1 aliphatic heterocycles. The van der Waals surface area contributed by atoms with E-state index in [1.165, 1.54) is 4.31 Å². The molecule has 0 radical (unpaired) electrons. The highest BCUT2D eigenvalue weighted by atomic mass is 32.2. The molecule has 0 amide bonds. The zero-order chi connectivity index (χ0) is 17.5. The molecule has 1 saturated heterocycles. The van der Waals surface area contributed by atoms with Gasteiger partial charge in [-0.25, -0.2) is 12.8 Å². The number of halogens is 3. The zero-order valence-electron chi connectivity index (χ0n) is 12.9. The summed E-state index contributed by atoms with van der Waals surface area (Å²) in [5.74, 6) is -1.49. The minimum atomic E-state index is -3.89. The third-order valence-electron chi connectivity index (χ3n) is 4.88. The fourth-order valence-corrected chi connectivity index (χ4v) is 5.20. The van der Waals surface area contributed by atoms with Crippen molar-refractivity contribution in [3.63, 3.8) is 0 Å². The first-order chi connectivity index (χ1) is 11.3. The molecule has 2 fully saturated rings. The number of hydrogen-bond donors (Lipinski definition) is 1. The molecule has 1 aromatic carbocycles. The molecule has 3 rings (SSSR count). The van der Waals surface area contributed by atoms with Crippen molar-refractivity contribution in [2.45, 2.75) is 36.8 Å². The van der Waals surface area contributed by atoms with Gasteiger partial charge in [-0.2, -0.15) is 13.1 Å². The second-order valence-electron chi connectivity index (χ2n) is 6.31. The molecule has 9 heteroatoms. The van der Waals surface area contributed by atoms with Crippen LogP contribution >= 0.6 is 0 Å². The lowest BCUT2D eigenvalue weighted by Crippen LogP contribution is -2.38. The molecule has 3 unspecified atom stereocenters. The van der Waals surface area contributed by atoms with Crippen LogP contribution in [0.5, 0.6) is 5.75 Å². The fourth-order valence-electron chi connectivity index (χ4n) is 3.65. The Kier molecular flexibility index (Phi) is 4.76. The van der Waals surface area contributed by atoms with Crippen LogP contribution in [0.1, 0.15) is 19.3 Å². The Labute approximate surface area is 138 Å². The summed E-state index contributed by atoms with van der Waals surface area (Å²) in [6.07, 6.45) is 2.79. The maximum absolute atomic E-state index is 13.8. The molecule has 24 heavy (non-hydrogen) atoms. The Morgan fingerprint density at radius 3 is 2.62 bits per heavy atom. The fraction of sp³-hybridized carbons (Fsp3) is 0.600. The second kappa shape index (κ2) is 6.53. The van der Waals surface area contributed by atoms with Crippen molar-refractivity contribution in [3.8, 4) is 5.75 Å². The number of nitrogens with two attached hydrogens (primary N) is 1. The van der Waals surface area contributed by atoms with Gasteiger partial charge in [-0.15, -0.1) is 0 Å². The molecule has 1 saturated carbocycles. The molecule has 0 bridgehead atoms. The van der Waals surface area contributed by atoms with E-state index in [-0.39, 0.29) is 22.8 Å². The summed E-state index contributed by atoms with van der Waals surface area (Å²) in [6.45, 7) is -2.51. The largest absolute Gasteiger partial charge is 0.432 e. The maximum Gasteiger partial charge on any atom is 0.387 e. The van der Waals surface area contributed by atoms with Crippen LogP contribution in [0.4, 0.5) is 13.2 Å². The van der Waals surface area contributed by atoms with Crippen molar-refractivity contribution in [1.82, 2.24) is 4.31 Å². The number of rotatable bonds is 4. The van der Waals surface area contributed by atoms with E-state index in [1.54, 1.807) is 0 Å². The van der Waals surface area contributed by atoms with Crippen molar-refractivity contribution >= 4 is 10.0 Å². The van der Waals surface area contributed by atoms with E-state index < -0.39 is 28.2 Å². The van der Waals surface area contributed by atoms with Gasteiger partial charge < -0.3 is 10.5 Å². The topological polar surface area (TPSA) is 72.6 Å². The van der Waals surface area contributed by atoms with Gasteiger partial charge in [0, 0.05) is 19.1 Å². The molecule has 0 spiro atoms. The first kappa shape index (κ1) is 17.5. The molecule has 5 nitrogen and oxygen atoms in total. The minimum absolute atomic E-state index is 0.0255. The van der Waals surface area contributed by atoms with E-state index >= 15 is 0 Å². The Morgan fingerprint density at radius 2 is 2.00 bits per heavy atom. The first-order valence-corrected chi connectivity index (χ1v) is 9.23. The van der Waals surface area contributed by atoms with Crippen LogP contribution in [-0.4, -0.2) is 38.5 Å². The van der Waals surface area contributed by atoms with Crippen LogP contribution in [0.3, 0.4) is 0 Å². The second-order valence-corrected chi connectivity index (χ2v) is 8.25. The van der Waals surface area contributed by atoms with Crippen LogP contribution in [0.2, 0.25) is 0 Å². The summed E-state index contributed by atoms with van der Waals surface area (Å²) in [7, 11) is -3.89. The summed E-state index contributed by atoms with van der Waals surface area (Å²) in [5, 5.41) is 0. The molecule has 1 aromatic rings. The average Bonchev–Trinajstić information content (AvgIpc) is 2.95. The van der Waals surface area contributed by atoms with E-state index in [0.717, 1.165) is 37.5 Å².